The number of fused-ring (bicyclic) bond motifs is 2. The first kappa shape index (κ1) is 19.8. The molecule has 1 aromatic carbocycles. The van der Waals surface area contributed by atoms with Gasteiger partial charge in [-0.25, -0.2) is 13.6 Å². The Morgan fingerprint density at radius 2 is 1.74 bits per heavy atom. The average Bonchev–Trinajstić information content (AvgIpc) is 2.52. The van der Waals surface area contributed by atoms with E-state index < -0.39 is 46.8 Å². The lowest BCUT2D eigenvalue weighted by molar-refractivity contribution is -0.141. The molecule has 0 aromatic heterocycles. The van der Waals surface area contributed by atoms with E-state index in [-0.39, 0.29) is 31.6 Å². The van der Waals surface area contributed by atoms with Crippen molar-refractivity contribution in [3.63, 3.8) is 0 Å². The van der Waals surface area contributed by atoms with Gasteiger partial charge in [0.2, 0.25) is 0 Å². The number of carbonyl (C=O) groups excluding carboxylic acids is 1. The smallest absolute Gasteiger partial charge is 0.410 e. The van der Waals surface area contributed by atoms with E-state index in [1.54, 1.807) is 25.7 Å². The number of benzene rings is 1. The predicted molar refractivity (Wildman–Crippen MR) is 92.5 cm³/mol. The van der Waals surface area contributed by atoms with E-state index in [9.17, 15) is 18.7 Å². The molecule has 8 heteroatoms. The summed E-state index contributed by atoms with van der Waals surface area (Å²) in [7, 11) is 1.18. The van der Waals surface area contributed by atoms with Crippen LogP contribution in [0.5, 0.6) is 5.75 Å². The molecule has 0 radical (unpaired) electrons. The van der Waals surface area contributed by atoms with Crippen molar-refractivity contribution in [1.29, 1.82) is 0 Å². The number of hydrogen-bond acceptors (Lipinski definition) is 5. The van der Waals surface area contributed by atoms with Gasteiger partial charge in [0.05, 0.1) is 38.0 Å². The molecule has 2 heterocycles. The van der Waals surface area contributed by atoms with Gasteiger partial charge < -0.3 is 19.3 Å². The summed E-state index contributed by atoms with van der Waals surface area (Å²) in [6.07, 6.45) is -0.294. The molecule has 3 rings (SSSR count). The van der Waals surface area contributed by atoms with Crippen LogP contribution in [-0.2, 0) is 15.1 Å². The number of nitrogens with zero attached hydrogens (tertiary/aromatic N) is 1. The van der Waals surface area contributed by atoms with Crippen molar-refractivity contribution >= 4 is 6.09 Å². The van der Waals surface area contributed by atoms with Crippen molar-refractivity contribution in [2.75, 3.05) is 20.3 Å². The number of aliphatic hydroxyl groups is 1. The molecule has 2 saturated heterocycles. The highest BCUT2D eigenvalue weighted by molar-refractivity contribution is 5.69. The first-order chi connectivity index (χ1) is 12.5. The summed E-state index contributed by atoms with van der Waals surface area (Å²) in [5, 5.41) is 11.2. The lowest BCUT2D eigenvalue weighted by atomic mass is 9.77. The molecule has 150 valence electrons. The molecule has 2 unspecified atom stereocenters. The highest BCUT2D eigenvalue weighted by atomic mass is 19.1. The Morgan fingerprint density at radius 3 is 2.19 bits per heavy atom. The molecule has 1 aromatic rings. The minimum Gasteiger partial charge on any atom is -0.491 e. The summed E-state index contributed by atoms with van der Waals surface area (Å²) in [4.78, 5) is 14.2. The lowest BCUT2D eigenvalue weighted by Gasteiger charge is -2.51. The van der Waals surface area contributed by atoms with E-state index in [1.165, 1.54) is 7.11 Å². The summed E-state index contributed by atoms with van der Waals surface area (Å²) in [6, 6.07) is 1.26. The number of amides is 1. The first-order valence-electron chi connectivity index (χ1n) is 8.89. The Morgan fingerprint density at radius 1 is 1.22 bits per heavy atom. The van der Waals surface area contributed by atoms with Crippen LogP contribution in [0.25, 0.3) is 0 Å². The number of halogens is 2. The summed E-state index contributed by atoms with van der Waals surface area (Å²) in [5.41, 5.74) is -2.01. The Kier molecular flexibility index (Phi) is 5.07. The van der Waals surface area contributed by atoms with Crippen molar-refractivity contribution in [2.24, 2.45) is 0 Å². The van der Waals surface area contributed by atoms with Gasteiger partial charge in [0.1, 0.15) is 5.60 Å². The van der Waals surface area contributed by atoms with E-state index in [1.807, 2.05) is 0 Å². The zero-order chi connectivity index (χ0) is 20.0. The van der Waals surface area contributed by atoms with Gasteiger partial charge in [-0.15, -0.1) is 0 Å². The summed E-state index contributed by atoms with van der Waals surface area (Å²) < 4.78 is 44.0. The summed E-state index contributed by atoms with van der Waals surface area (Å²) in [5.74, 6) is -2.24. The highest BCUT2D eigenvalue weighted by Gasteiger charge is 2.50. The lowest BCUT2D eigenvalue weighted by Crippen LogP contribution is -2.63. The van der Waals surface area contributed by atoms with Crippen LogP contribution >= 0.6 is 0 Å². The maximum Gasteiger partial charge on any atom is 0.410 e. The van der Waals surface area contributed by atoms with Gasteiger partial charge in [-0.2, -0.15) is 0 Å². The molecule has 27 heavy (non-hydrogen) atoms. The molecule has 1 amide bonds. The number of ether oxygens (including phenoxy) is 3. The summed E-state index contributed by atoms with van der Waals surface area (Å²) in [6.45, 7) is 5.78. The fourth-order valence-electron chi connectivity index (χ4n) is 3.85. The minimum atomic E-state index is -1.48. The first-order valence-corrected chi connectivity index (χ1v) is 8.89. The number of morpholine rings is 1. The Hall–Kier alpha value is -1.93. The van der Waals surface area contributed by atoms with Crippen LogP contribution in [-0.4, -0.2) is 54.1 Å². The molecular weight excluding hydrogens is 360 g/mol. The monoisotopic (exact) mass is 385 g/mol. The second-order valence-electron chi connectivity index (χ2n) is 8.15. The SMILES string of the molecule is COc1c(F)cc(C2(O)CC3COCC(C2)N3C(=O)OC(C)(C)C)cc1F. The van der Waals surface area contributed by atoms with Crippen molar-refractivity contribution in [2.45, 2.75) is 56.9 Å². The quantitative estimate of drug-likeness (QED) is 0.848. The molecule has 2 atom stereocenters. The molecule has 2 fully saturated rings. The molecule has 6 nitrogen and oxygen atoms in total. The van der Waals surface area contributed by atoms with E-state index in [4.69, 9.17) is 14.2 Å². The fourth-order valence-corrected chi connectivity index (χ4v) is 3.85. The molecule has 0 aliphatic carbocycles. The second kappa shape index (κ2) is 6.91. The van der Waals surface area contributed by atoms with E-state index >= 15 is 0 Å². The Labute approximate surface area is 157 Å². The van der Waals surface area contributed by atoms with Crippen LogP contribution in [0.15, 0.2) is 12.1 Å². The second-order valence-corrected chi connectivity index (χ2v) is 8.15. The van der Waals surface area contributed by atoms with Gasteiger partial charge in [0.15, 0.2) is 17.4 Å². The fraction of sp³-hybridized carbons (Fsp3) is 0.632. The standard InChI is InChI=1S/C19H25F2NO5/c1-18(2,3)27-17(23)22-12-7-19(24,8-13(22)10-26-9-12)11-5-14(20)16(25-4)15(21)6-11/h5-6,12-13,24H,7-10H2,1-4H3. The third-order valence-corrected chi connectivity index (χ3v) is 4.90. The number of methoxy groups -OCH3 is 1. The number of piperidine rings is 1. The number of hydrogen-bond donors (Lipinski definition) is 1. The van der Waals surface area contributed by atoms with Gasteiger partial charge in [-0.05, 0) is 38.5 Å². The zero-order valence-electron chi connectivity index (χ0n) is 15.9. The van der Waals surface area contributed by atoms with Crippen LogP contribution in [0.3, 0.4) is 0 Å². The largest absolute Gasteiger partial charge is 0.491 e. The highest BCUT2D eigenvalue weighted by Crippen LogP contribution is 2.42. The molecular formula is C19H25F2NO5. The predicted octanol–water partition coefficient (Wildman–Crippen LogP) is 2.96. The minimum absolute atomic E-state index is 0.0912. The normalized spacial score (nSPS) is 28.0. The maximum atomic E-state index is 14.1. The van der Waals surface area contributed by atoms with Gasteiger partial charge in [-0.1, -0.05) is 0 Å². The number of rotatable bonds is 2. The molecule has 0 saturated carbocycles. The Balaban J connectivity index is 1.88. The van der Waals surface area contributed by atoms with Crippen LogP contribution in [0.1, 0.15) is 39.2 Å². The average molecular weight is 385 g/mol. The molecule has 1 N–H and O–H groups in total. The van der Waals surface area contributed by atoms with E-state index in [2.05, 4.69) is 0 Å². The van der Waals surface area contributed by atoms with Crippen molar-refractivity contribution in [1.82, 2.24) is 4.90 Å². The number of carbonyl (C=O) groups is 1. The van der Waals surface area contributed by atoms with Crippen LogP contribution in [0.4, 0.5) is 13.6 Å². The molecule has 2 bridgehead atoms. The zero-order valence-corrected chi connectivity index (χ0v) is 15.9. The van der Waals surface area contributed by atoms with Gasteiger partial charge >= 0.3 is 6.09 Å². The van der Waals surface area contributed by atoms with Crippen molar-refractivity contribution in [3.05, 3.63) is 29.3 Å². The van der Waals surface area contributed by atoms with E-state index in [0.29, 0.717) is 0 Å². The molecule has 0 spiro atoms. The van der Waals surface area contributed by atoms with E-state index in [0.717, 1.165) is 12.1 Å². The van der Waals surface area contributed by atoms with Gasteiger partial charge in [0.25, 0.3) is 0 Å². The van der Waals surface area contributed by atoms with Crippen molar-refractivity contribution < 1.29 is 32.9 Å². The van der Waals surface area contributed by atoms with Gasteiger partial charge in [-0.3, -0.25) is 4.90 Å². The van der Waals surface area contributed by atoms with Crippen LogP contribution in [0.2, 0.25) is 0 Å². The molecule has 2 aliphatic heterocycles. The summed E-state index contributed by atoms with van der Waals surface area (Å²) >= 11 is 0. The third-order valence-electron chi connectivity index (χ3n) is 4.90. The van der Waals surface area contributed by atoms with Gasteiger partial charge in [0, 0.05) is 12.8 Å². The van der Waals surface area contributed by atoms with Crippen LogP contribution < -0.4 is 4.74 Å². The Bertz CT molecular complexity index is 696. The van der Waals surface area contributed by atoms with Crippen LogP contribution in [0, 0.1) is 11.6 Å². The topological polar surface area (TPSA) is 68.2 Å². The van der Waals surface area contributed by atoms with Crippen molar-refractivity contribution in [3.8, 4) is 5.75 Å². The third kappa shape index (κ3) is 3.87. The maximum absolute atomic E-state index is 14.1. The molecule has 2 aliphatic rings.